The largest absolute Gasteiger partial charge is 0.330 e. The van der Waals surface area contributed by atoms with E-state index < -0.39 is 0 Å². The van der Waals surface area contributed by atoms with Gasteiger partial charge in [0.1, 0.15) is 0 Å². The number of hydrogen-bond acceptors (Lipinski definition) is 3. The van der Waals surface area contributed by atoms with Gasteiger partial charge in [0.15, 0.2) is 5.65 Å². The Morgan fingerprint density at radius 3 is 2.83 bits per heavy atom. The molecule has 0 amide bonds. The van der Waals surface area contributed by atoms with Crippen molar-refractivity contribution in [1.29, 1.82) is 0 Å². The van der Waals surface area contributed by atoms with E-state index >= 15 is 0 Å². The van der Waals surface area contributed by atoms with Crippen molar-refractivity contribution in [3.05, 3.63) is 47.8 Å². The van der Waals surface area contributed by atoms with E-state index in [1.807, 2.05) is 12.4 Å². The normalized spacial score (nSPS) is 17.0. The average Bonchev–Trinajstić information content (AvgIpc) is 3.23. The van der Waals surface area contributed by atoms with Crippen LogP contribution in [0.1, 0.15) is 36.8 Å². The van der Waals surface area contributed by atoms with E-state index in [1.165, 1.54) is 47.9 Å². The molecule has 4 nitrogen and oxygen atoms in total. The van der Waals surface area contributed by atoms with Gasteiger partial charge in [0, 0.05) is 23.5 Å². The first-order chi connectivity index (χ1) is 11.2. The van der Waals surface area contributed by atoms with Crippen molar-refractivity contribution in [3.8, 4) is 11.1 Å². The minimum absolute atomic E-state index is 0.156. The Balaban J connectivity index is 1.89. The molecule has 1 saturated carbocycles. The summed E-state index contributed by atoms with van der Waals surface area (Å²) < 4.78 is 0. The summed E-state index contributed by atoms with van der Waals surface area (Å²) in [7, 11) is 0. The van der Waals surface area contributed by atoms with Crippen LogP contribution in [0.4, 0.5) is 0 Å². The summed E-state index contributed by atoms with van der Waals surface area (Å²) in [6.07, 6.45) is 8.65. The number of aromatic nitrogens is 3. The zero-order chi connectivity index (χ0) is 15.9. The molecule has 0 atom stereocenters. The van der Waals surface area contributed by atoms with E-state index in [0.29, 0.717) is 0 Å². The van der Waals surface area contributed by atoms with Gasteiger partial charge in [-0.15, -0.1) is 0 Å². The van der Waals surface area contributed by atoms with E-state index in [9.17, 15) is 0 Å². The van der Waals surface area contributed by atoms with E-state index in [4.69, 9.17) is 5.73 Å². The third kappa shape index (κ3) is 2.34. The molecule has 1 aliphatic rings. The maximum absolute atomic E-state index is 6.19. The summed E-state index contributed by atoms with van der Waals surface area (Å²) in [4.78, 5) is 4.34. The number of hydrogen-bond donors (Lipinski definition) is 2. The van der Waals surface area contributed by atoms with Gasteiger partial charge in [0.2, 0.25) is 0 Å². The molecule has 0 aliphatic heterocycles. The van der Waals surface area contributed by atoms with Gasteiger partial charge in [-0.3, -0.25) is 5.10 Å². The minimum atomic E-state index is 0.156. The van der Waals surface area contributed by atoms with Crippen molar-refractivity contribution in [2.45, 2.75) is 38.0 Å². The number of H-pyrrole nitrogens is 1. The van der Waals surface area contributed by atoms with Crippen molar-refractivity contribution in [2.75, 3.05) is 6.54 Å². The fourth-order valence-electron chi connectivity index (χ4n) is 4.01. The highest BCUT2D eigenvalue weighted by Gasteiger charge is 2.34. The Kier molecular flexibility index (Phi) is 3.42. The molecule has 1 aliphatic carbocycles. The lowest BCUT2D eigenvalue weighted by Gasteiger charge is -2.29. The monoisotopic (exact) mass is 306 g/mol. The quantitative estimate of drug-likeness (QED) is 0.775. The molecule has 0 spiro atoms. The number of aryl methyl sites for hydroxylation is 1. The maximum Gasteiger partial charge on any atom is 0.155 e. The Morgan fingerprint density at radius 2 is 2.04 bits per heavy atom. The lowest BCUT2D eigenvalue weighted by Crippen LogP contribution is -2.32. The van der Waals surface area contributed by atoms with Crippen LogP contribution in [-0.4, -0.2) is 21.7 Å². The van der Waals surface area contributed by atoms with Gasteiger partial charge in [-0.1, -0.05) is 36.6 Å². The zero-order valence-electron chi connectivity index (χ0n) is 13.5. The molecule has 0 saturated heterocycles. The van der Waals surface area contributed by atoms with Crippen LogP contribution in [0.5, 0.6) is 0 Å². The highest BCUT2D eigenvalue weighted by Crippen LogP contribution is 2.42. The number of benzene rings is 1. The SMILES string of the molecule is Cc1cc(-c2ccnc3[nH]ncc23)cc(C2(CN)CCCC2)c1. The third-order valence-electron chi connectivity index (χ3n) is 5.31. The number of aromatic amines is 1. The molecular formula is C19H22N4. The van der Waals surface area contributed by atoms with Crippen molar-refractivity contribution in [2.24, 2.45) is 5.73 Å². The Hall–Kier alpha value is -2.20. The van der Waals surface area contributed by atoms with Crippen LogP contribution in [0, 0.1) is 6.92 Å². The van der Waals surface area contributed by atoms with Crippen LogP contribution in [-0.2, 0) is 5.41 Å². The van der Waals surface area contributed by atoms with Crippen LogP contribution in [0.15, 0.2) is 36.7 Å². The lowest BCUT2D eigenvalue weighted by molar-refractivity contribution is 0.453. The zero-order valence-corrected chi connectivity index (χ0v) is 13.5. The lowest BCUT2D eigenvalue weighted by atomic mass is 9.77. The number of nitrogens with zero attached hydrogens (tertiary/aromatic N) is 2. The summed E-state index contributed by atoms with van der Waals surface area (Å²) >= 11 is 0. The highest BCUT2D eigenvalue weighted by molar-refractivity contribution is 5.92. The topological polar surface area (TPSA) is 67.6 Å². The molecule has 3 N–H and O–H groups in total. The predicted molar refractivity (Wildman–Crippen MR) is 93.3 cm³/mol. The van der Waals surface area contributed by atoms with Crippen LogP contribution in [0.25, 0.3) is 22.2 Å². The third-order valence-corrected chi connectivity index (χ3v) is 5.31. The number of nitrogens with two attached hydrogens (primary N) is 1. The van der Waals surface area contributed by atoms with Crippen molar-refractivity contribution in [3.63, 3.8) is 0 Å². The molecule has 4 rings (SSSR count). The molecule has 2 aromatic heterocycles. The van der Waals surface area contributed by atoms with Crippen LogP contribution >= 0.6 is 0 Å². The standard InChI is InChI=1S/C19H22N4/c1-13-8-14(16-4-7-21-18-17(16)11-22-23-18)10-15(9-13)19(12-20)5-2-3-6-19/h4,7-11H,2-3,5-6,12,20H2,1H3,(H,21,22,23). The van der Waals surface area contributed by atoms with Gasteiger partial charge in [-0.25, -0.2) is 4.98 Å². The fraction of sp³-hybridized carbons (Fsp3) is 0.368. The van der Waals surface area contributed by atoms with Gasteiger partial charge >= 0.3 is 0 Å². The van der Waals surface area contributed by atoms with Gasteiger partial charge in [0.25, 0.3) is 0 Å². The molecule has 23 heavy (non-hydrogen) atoms. The van der Waals surface area contributed by atoms with Gasteiger partial charge in [-0.05, 0) is 42.5 Å². The summed E-state index contributed by atoms with van der Waals surface area (Å²) in [5.74, 6) is 0. The smallest absolute Gasteiger partial charge is 0.155 e. The van der Waals surface area contributed by atoms with Crippen molar-refractivity contribution < 1.29 is 0 Å². The first-order valence-electron chi connectivity index (χ1n) is 8.33. The molecule has 2 heterocycles. The second kappa shape index (κ2) is 5.46. The van der Waals surface area contributed by atoms with Gasteiger partial charge in [-0.2, -0.15) is 5.10 Å². The Morgan fingerprint density at radius 1 is 1.22 bits per heavy atom. The molecule has 0 bridgehead atoms. The summed E-state index contributed by atoms with van der Waals surface area (Å²) in [6.45, 7) is 2.90. The van der Waals surface area contributed by atoms with E-state index in [-0.39, 0.29) is 5.41 Å². The molecule has 3 aromatic rings. The predicted octanol–water partition coefficient (Wildman–Crippen LogP) is 3.70. The van der Waals surface area contributed by atoms with Gasteiger partial charge in [0.05, 0.1) is 6.20 Å². The number of rotatable bonds is 3. The van der Waals surface area contributed by atoms with E-state index in [0.717, 1.165) is 17.6 Å². The first kappa shape index (κ1) is 14.4. The summed E-state index contributed by atoms with van der Waals surface area (Å²) in [5, 5.41) is 8.15. The molecule has 118 valence electrons. The molecule has 0 radical (unpaired) electrons. The minimum Gasteiger partial charge on any atom is -0.330 e. The Labute approximate surface area is 136 Å². The molecule has 1 aromatic carbocycles. The fourth-order valence-corrected chi connectivity index (χ4v) is 4.01. The van der Waals surface area contributed by atoms with E-state index in [1.54, 1.807) is 0 Å². The highest BCUT2D eigenvalue weighted by atomic mass is 15.1. The molecule has 4 heteroatoms. The second-order valence-electron chi connectivity index (χ2n) is 6.77. The number of fused-ring (bicyclic) bond motifs is 1. The Bertz CT molecular complexity index is 843. The maximum atomic E-state index is 6.19. The van der Waals surface area contributed by atoms with Crippen LogP contribution in [0.2, 0.25) is 0 Å². The molecule has 0 unspecified atom stereocenters. The van der Waals surface area contributed by atoms with Crippen molar-refractivity contribution in [1.82, 2.24) is 15.2 Å². The van der Waals surface area contributed by atoms with Gasteiger partial charge < -0.3 is 5.73 Å². The first-order valence-corrected chi connectivity index (χ1v) is 8.33. The second-order valence-corrected chi connectivity index (χ2v) is 6.77. The van der Waals surface area contributed by atoms with Crippen LogP contribution < -0.4 is 5.73 Å². The average molecular weight is 306 g/mol. The number of pyridine rings is 1. The molecular weight excluding hydrogens is 284 g/mol. The molecule has 1 fully saturated rings. The summed E-state index contributed by atoms with van der Waals surface area (Å²) in [5.41, 5.74) is 12.3. The number of nitrogens with one attached hydrogen (secondary N) is 1. The van der Waals surface area contributed by atoms with Crippen LogP contribution in [0.3, 0.4) is 0 Å². The summed E-state index contributed by atoms with van der Waals surface area (Å²) in [6, 6.07) is 8.95. The van der Waals surface area contributed by atoms with Crippen molar-refractivity contribution >= 4 is 11.0 Å². The van der Waals surface area contributed by atoms with E-state index in [2.05, 4.69) is 46.4 Å².